The van der Waals surface area contributed by atoms with E-state index in [0.717, 1.165) is 31.4 Å². The third kappa shape index (κ3) is 4.65. The van der Waals surface area contributed by atoms with E-state index in [1.807, 2.05) is 18.2 Å². The zero-order valence-electron chi connectivity index (χ0n) is 18.8. The second-order valence-corrected chi connectivity index (χ2v) is 9.49. The van der Waals surface area contributed by atoms with Gasteiger partial charge in [-0.3, -0.25) is 14.7 Å². The molecule has 3 atom stereocenters. The summed E-state index contributed by atoms with van der Waals surface area (Å²) in [5.41, 5.74) is 1.44. The summed E-state index contributed by atoms with van der Waals surface area (Å²) >= 11 is 5.97. The number of piperidine rings is 1. The summed E-state index contributed by atoms with van der Waals surface area (Å²) in [6.45, 7) is 3.89. The molecule has 2 aromatic carbocycles. The maximum atomic E-state index is 13.9. The molecule has 1 aromatic heterocycles. The monoisotopic (exact) mass is 479 g/mol. The van der Waals surface area contributed by atoms with E-state index >= 15 is 0 Å². The number of aromatic nitrogens is 1. The fourth-order valence-electron chi connectivity index (χ4n) is 5.42. The molecule has 5 rings (SSSR count). The van der Waals surface area contributed by atoms with E-state index in [-0.39, 0.29) is 36.0 Å². The second-order valence-electron chi connectivity index (χ2n) is 9.05. The maximum absolute atomic E-state index is 13.9. The number of fused-ring (bicyclic) bond motifs is 3. The molecule has 2 aliphatic rings. The van der Waals surface area contributed by atoms with E-state index in [9.17, 15) is 9.18 Å². The van der Waals surface area contributed by atoms with Crippen LogP contribution in [0.3, 0.4) is 0 Å². The fraction of sp³-hybridized carbons (Fsp3) is 0.333. The lowest BCUT2D eigenvalue weighted by atomic mass is 9.95. The average Bonchev–Trinajstić information content (AvgIpc) is 3.08. The zero-order valence-corrected chi connectivity index (χ0v) is 19.5. The van der Waals surface area contributed by atoms with Crippen LogP contribution in [0.5, 0.6) is 5.75 Å². The highest BCUT2D eigenvalue weighted by atomic mass is 35.5. The molecular weight excluding hydrogens is 453 g/mol. The minimum atomic E-state index is -0.306. The molecule has 0 saturated carbocycles. The lowest BCUT2D eigenvalue weighted by Gasteiger charge is -2.42. The van der Waals surface area contributed by atoms with Crippen molar-refractivity contribution in [3.8, 4) is 5.75 Å². The van der Waals surface area contributed by atoms with Crippen molar-refractivity contribution in [1.82, 2.24) is 9.88 Å². The van der Waals surface area contributed by atoms with Gasteiger partial charge in [0.05, 0.1) is 11.6 Å². The van der Waals surface area contributed by atoms with Gasteiger partial charge in [0, 0.05) is 34.4 Å². The molecule has 2 bridgehead atoms. The second kappa shape index (κ2) is 9.72. The molecule has 7 heteroatoms. The largest absolute Gasteiger partial charge is 0.490 e. The van der Waals surface area contributed by atoms with Crippen LogP contribution in [0.2, 0.25) is 5.02 Å². The molecule has 0 radical (unpaired) electrons. The van der Waals surface area contributed by atoms with Crippen molar-refractivity contribution >= 4 is 34.1 Å². The number of hydrogen-bond acceptors (Lipinski definition) is 4. The van der Waals surface area contributed by atoms with E-state index in [0.29, 0.717) is 28.1 Å². The topological polar surface area (TPSA) is 54.5 Å². The van der Waals surface area contributed by atoms with Crippen LogP contribution in [0.15, 0.2) is 67.4 Å². The van der Waals surface area contributed by atoms with Gasteiger partial charge in [-0.05, 0) is 80.6 Å². The first-order chi connectivity index (χ1) is 16.5. The van der Waals surface area contributed by atoms with Crippen LogP contribution in [0.1, 0.15) is 32.1 Å². The zero-order chi connectivity index (χ0) is 23.7. The third-order valence-electron chi connectivity index (χ3n) is 6.87. The Balaban J connectivity index is 1.31. The quantitative estimate of drug-likeness (QED) is 0.423. The summed E-state index contributed by atoms with van der Waals surface area (Å²) in [7, 11) is 0. The smallest absolute Gasteiger partial charge is 0.242 e. The molecule has 3 aromatic rings. The van der Waals surface area contributed by atoms with E-state index in [4.69, 9.17) is 16.3 Å². The lowest BCUT2D eigenvalue weighted by Crippen LogP contribution is -2.54. The van der Waals surface area contributed by atoms with Crippen molar-refractivity contribution in [2.24, 2.45) is 0 Å². The van der Waals surface area contributed by atoms with Gasteiger partial charge in [0.15, 0.2) is 0 Å². The highest BCUT2D eigenvalue weighted by Gasteiger charge is 2.46. The van der Waals surface area contributed by atoms with E-state index in [1.54, 1.807) is 30.5 Å². The molecular formula is C27H27ClFN3O2. The number of anilines is 1. The van der Waals surface area contributed by atoms with E-state index in [2.05, 4.69) is 21.8 Å². The number of halogens is 2. The predicted molar refractivity (Wildman–Crippen MR) is 133 cm³/mol. The standard InChI is InChI=1S/C27H27ClFN3O2/c1-2-3-25(27(33)31-19-7-4-17(28)5-8-19)32-20-9-10-21(32)16-22(15-20)34-26-12-13-30-24-11-6-18(29)14-23(24)26/h2,4-8,11-14,20-22,25H,1,3,9-10,15-16H2,(H,31,33). The van der Waals surface area contributed by atoms with Crippen molar-refractivity contribution in [3.05, 3.63) is 78.2 Å². The van der Waals surface area contributed by atoms with Crippen LogP contribution in [0, 0.1) is 5.82 Å². The van der Waals surface area contributed by atoms with Crippen LogP contribution < -0.4 is 10.1 Å². The Hall–Kier alpha value is -2.96. The number of rotatable bonds is 7. The number of nitrogens with one attached hydrogen (secondary N) is 1. The predicted octanol–water partition coefficient (Wildman–Crippen LogP) is 5.98. The number of ether oxygens (including phenoxy) is 1. The molecule has 5 nitrogen and oxygen atoms in total. The molecule has 2 fully saturated rings. The van der Waals surface area contributed by atoms with Crippen molar-refractivity contribution in [2.45, 2.75) is 56.3 Å². The number of pyridine rings is 1. The van der Waals surface area contributed by atoms with E-state index < -0.39 is 0 Å². The van der Waals surface area contributed by atoms with Crippen LogP contribution in [0.4, 0.5) is 10.1 Å². The Labute approximate surface area is 203 Å². The molecule has 1 amide bonds. The number of carbonyl (C=O) groups is 1. The minimum Gasteiger partial charge on any atom is -0.490 e. The fourth-order valence-corrected chi connectivity index (χ4v) is 5.55. The summed E-state index contributed by atoms with van der Waals surface area (Å²) in [5, 5.41) is 4.35. The van der Waals surface area contributed by atoms with Crippen molar-refractivity contribution in [3.63, 3.8) is 0 Å². The number of hydrogen-bond donors (Lipinski definition) is 1. The first-order valence-corrected chi connectivity index (χ1v) is 12.1. The molecule has 3 unspecified atom stereocenters. The van der Waals surface area contributed by atoms with Crippen molar-refractivity contribution in [2.75, 3.05) is 5.32 Å². The van der Waals surface area contributed by atoms with Gasteiger partial charge < -0.3 is 10.1 Å². The van der Waals surface area contributed by atoms with Gasteiger partial charge in [-0.2, -0.15) is 0 Å². The molecule has 1 N–H and O–H groups in total. The Morgan fingerprint density at radius 2 is 1.94 bits per heavy atom. The van der Waals surface area contributed by atoms with Gasteiger partial charge in [0.1, 0.15) is 17.7 Å². The van der Waals surface area contributed by atoms with Crippen LogP contribution >= 0.6 is 11.6 Å². The normalized spacial score (nSPS) is 22.9. The number of nitrogens with zero attached hydrogens (tertiary/aromatic N) is 2. The Morgan fingerprint density at radius 1 is 1.21 bits per heavy atom. The molecule has 3 heterocycles. The Kier molecular flexibility index (Phi) is 6.53. The Morgan fingerprint density at radius 3 is 2.65 bits per heavy atom. The minimum absolute atomic E-state index is 0.00586. The average molecular weight is 480 g/mol. The highest BCUT2D eigenvalue weighted by Crippen LogP contribution is 2.40. The number of amides is 1. The third-order valence-corrected chi connectivity index (χ3v) is 7.12. The van der Waals surface area contributed by atoms with Crippen molar-refractivity contribution < 1.29 is 13.9 Å². The summed E-state index contributed by atoms with van der Waals surface area (Å²) in [5.74, 6) is 0.318. The molecule has 2 saturated heterocycles. The SMILES string of the molecule is C=CCC(C(=O)Nc1ccc(Cl)cc1)N1C2CCC1CC(Oc1ccnc3ccc(F)cc13)C2. The summed E-state index contributed by atoms with van der Waals surface area (Å²) < 4.78 is 20.2. The van der Waals surface area contributed by atoms with Gasteiger partial charge in [-0.15, -0.1) is 6.58 Å². The van der Waals surface area contributed by atoms with Crippen LogP contribution in [-0.2, 0) is 4.79 Å². The van der Waals surface area contributed by atoms with E-state index in [1.165, 1.54) is 12.1 Å². The first-order valence-electron chi connectivity index (χ1n) is 11.7. The maximum Gasteiger partial charge on any atom is 0.242 e. The number of benzene rings is 2. The van der Waals surface area contributed by atoms with Gasteiger partial charge in [0.25, 0.3) is 0 Å². The number of carbonyl (C=O) groups excluding carboxylic acids is 1. The molecule has 2 aliphatic heterocycles. The van der Waals surface area contributed by atoms with Gasteiger partial charge >= 0.3 is 0 Å². The van der Waals surface area contributed by atoms with Gasteiger partial charge in [-0.25, -0.2) is 4.39 Å². The molecule has 34 heavy (non-hydrogen) atoms. The summed E-state index contributed by atoms with van der Waals surface area (Å²) in [6, 6.07) is 13.7. The summed E-state index contributed by atoms with van der Waals surface area (Å²) in [4.78, 5) is 19.9. The lowest BCUT2D eigenvalue weighted by molar-refractivity contribution is -0.124. The first kappa shape index (κ1) is 22.8. The molecule has 0 aliphatic carbocycles. The van der Waals surface area contributed by atoms with Gasteiger partial charge in [-0.1, -0.05) is 17.7 Å². The molecule has 0 spiro atoms. The Bertz CT molecular complexity index is 1190. The van der Waals surface area contributed by atoms with Crippen LogP contribution in [0.25, 0.3) is 10.9 Å². The van der Waals surface area contributed by atoms with Crippen molar-refractivity contribution in [1.29, 1.82) is 0 Å². The summed E-state index contributed by atoms with van der Waals surface area (Å²) in [6.07, 6.45) is 7.77. The van der Waals surface area contributed by atoms with Crippen LogP contribution in [-0.4, -0.2) is 40.0 Å². The molecule has 176 valence electrons. The van der Waals surface area contributed by atoms with Gasteiger partial charge in [0.2, 0.25) is 5.91 Å². The highest BCUT2D eigenvalue weighted by molar-refractivity contribution is 6.30.